The Kier molecular flexibility index (Phi) is 8.01. The second-order valence-corrected chi connectivity index (χ2v) is 7.62. The van der Waals surface area contributed by atoms with E-state index in [2.05, 4.69) is 15.6 Å². The van der Waals surface area contributed by atoms with Gasteiger partial charge in [0, 0.05) is 37.5 Å². The molecule has 0 radical (unpaired) electrons. The number of benzene rings is 1. The zero-order valence-electron chi connectivity index (χ0n) is 18.7. The van der Waals surface area contributed by atoms with E-state index in [1.165, 1.54) is 24.5 Å². The molecule has 0 fully saturated rings. The number of hydrogen-bond donors (Lipinski definition) is 2. The Hall–Kier alpha value is -3.44. The van der Waals surface area contributed by atoms with E-state index in [1.54, 1.807) is 41.5 Å². The zero-order valence-corrected chi connectivity index (χ0v) is 19.5. The number of anilines is 1. The number of halogens is 1. The van der Waals surface area contributed by atoms with E-state index in [0.717, 1.165) is 0 Å². The number of hydrogen-bond acceptors (Lipinski definition) is 7. The molecule has 0 aliphatic carbocycles. The summed E-state index contributed by atoms with van der Waals surface area (Å²) in [6.07, 6.45) is 3.38. The molecule has 11 heteroatoms. The van der Waals surface area contributed by atoms with Crippen molar-refractivity contribution in [2.24, 2.45) is 7.05 Å². The molecule has 0 spiro atoms. The zero-order chi connectivity index (χ0) is 24.0. The highest BCUT2D eigenvalue weighted by atomic mass is 32.1. The Bertz CT molecular complexity index is 1130. The summed E-state index contributed by atoms with van der Waals surface area (Å²) in [5.41, 5.74) is 1.39. The van der Waals surface area contributed by atoms with Gasteiger partial charge in [-0.15, -0.1) is 11.3 Å². The normalized spacial score (nSPS) is 12.5. The second-order valence-electron chi connectivity index (χ2n) is 6.77. The number of aryl methyl sites for hydroxylation is 1. The van der Waals surface area contributed by atoms with Crippen LogP contribution in [-0.2, 0) is 16.6 Å². The van der Waals surface area contributed by atoms with Gasteiger partial charge in [0.2, 0.25) is 12.5 Å². The molecule has 4 rings (SSSR count). The first-order valence-electron chi connectivity index (χ1n) is 10.2. The Morgan fingerprint density at radius 1 is 1.33 bits per heavy atom. The van der Waals surface area contributed by atoms with E-state index in [0.29, 0.717) is 27.7 Å². The van der Waals surface area contributed by atoms with Gasteiger partial charge in [0.05, 0.1) is 17.9 Å². The van der Waals surface area contributed by atoms with E-state index < -0.39 is 23.7 Å². The van der Waals surface area contributed by atoms with Gasteiger partial charge in [0.25, 0.3) is 11.8 Å². The second kappa shape index (κ2) is 10.9. The number of nitrogens with zero attached hydrogens (tertiary/aromatic N) is 2. The molecule has 1 aliphatic heterocycles. The largest absolute Gasteiger partial charge is 0.453 e. The number of carbonyl (C=O) groups excluding carboxylic acids is 2. The summed E-state index contributed by atoms with van der Waals surface area (Å²) in [4.78, 5) is 29.4. The SMILES string of the molecule is CC.COCC(NC(=O)c1ccn(C)c1)C(=O)Nc1nc(-c2cc(F)c3c(c2)OCO3)cs1. The maximum atomic E-state index is 14.2. The van der Waals surface area contributed by atoms with Crippen molar-refractivity contribution in [3.63, 3.8) is 0 Å². The Morgan fingerprint density at radius 2 is 2.12 bits per heavy atom. The number of rotatable bonds is 7. The average molecular weight is 477 g/mol. The number of thiazole rings is 1. The van der Waals surface area contributed by atoms with E-state index in [-0.39, 0.29) is 19.1 Å². The smallest absolute Gasteiger partial charge is 0.253 e. The summed E-state index contributed by atoms with van der Waals surface area (Å²) in [5, 5.41) is 7.29. The molecular weight excluding hydrogens is 451 g/mol. The van der Waals surface area contributed by atoms with Gasteiger partial charge in [-0.3, -0.25) is 9.59 Å². The first-order chi connectivity index (χ1) is 15.9. The van der Waals surface area contributed by atoms with E-state index in [4.69, 9.17) is 14.2 Å². The van der Waals surface area contributed by atoms with Crippen LogP contribution in [0.4, 0.5) is 9.52 Å². The molecule has 3 aromatic rings. The average Bonchev–Trinajstić information content (AvgIpc) is 3.55. The summed E-state index contributed by atoms with van der Waals surface area (Å²) in [6.45, 7) is 3.94. The minimum absolute atomic E-state index is 0.0178. The lowest BCUT2D eigenvalue weighted by molar-refractivity contribution is -0.119. The molecule has 0 saturated heterocycles. The lowest BCUT2D eigenvalue weighted by Crippen LogP contribution is -2.46. The van der Waals surface area contributed by atoms with Crippen LogP contribution in [0, 0.1) is 5.82 Å². The summed E-state index contributed by atoms with van der Waals surface area (Å²) in [7, 11) is 3.23. The van der Waals surface area contributed by atoms with Crippen molar-refractivity contribution in [2.45, 2.75) is 19.9 Å². The summed E-state index contributed by atoms with van der Waals surface area (Å²) < 4.78 is 31.3. The van der Waals surface area contributed by atoms with Crippen molar-refractivity contribution in [1.29, 1.82) is 0 Å². The molecule has 0 bridgehead atoms. The Labute approximate surface area is 194 Å². The number of ether oxygens (including phenoxy) is 3. The van der Waals surface area contributed by atoms with E-state index in [9.17, 15) is 14.0 Å². The van der Waals surface area contributed by atoms with Crippen molar-refractivity contribution in [1.82, 2.24) is 14.9 Å². The van der Waals surface area contributed by atoms with Crippen molar-refractivity contribution < 1.29 is 28.2 Å². The maximum Gasteiger partial charge on any atom is 0.253 e. The Balaban J connectivity index is 0.00000149. The monoisotopic (exact) mass is 476 g/mol. The van der Waals surface area contributed by atoms with Crippen LogP contribution in [0.25, 0.3) is 11.3 Å². The minimum Gasteiger partial charge on any atom is -0.453 e. The molecule has 33 heavy (non-hydrogen) atoms. The molecule has 0 saturated carbocycles. The highest BCUT2D eigenvalue weighted by Crippen LogP contribution is 2.39. The number of methoxy groups -OCH3 is 1. The van der Waals surface area contributed by atoms with Gasteiger partial charge in [-0.2, -0.15) is 0 Å². The van der Waals surface area contributed by atoms with Gasteiger partial charge in [-0.05, 0) is 18.2 Å². The quantitative estimate of drug-likeness (QED) is 0.542. The van der Waals surface area contributed by atoms with Crippen LogP contribution in [0.15, 0.2) is 36.0 Å². The number of carbonyl (C=O) groups is 2. The molecule has 2 N–H and O–H groups in total. The van der Waals surface area contributed by atoms with Crippen molar-refractivity contribution in [3.8, 4) is 22.8 Å². The molecule has 176 valence electrons. The highest BCUT2D eigenvalue weighted by Gasteiger charge is 2.24. The predicted octanol–water partition coefficient (Wildman–Crippen LogP) is 3.43. The molecule has 2 aromatic heterocycles. The lowest BCUT2D eigenvalue weighted by atomic mass is 10.1. The third kappa shape index (κ3) is 5.68. The summed E-state index contributed by atoms with van der Waals surface area (Å²) in [6, 6.07) is 3.64. The van der Waals surface area contributed by atoms with Crippen LogP contribution in [0.2, 0.25) is 0 Å². The number of aromatic nitrogens is 2. The molecule has 3 heterocycles. The molecule has 9 nitrogen and oxygen atoms in total. The topological polar surface area (TPSA) is 104 Å². The van der Waals surface area contributed by atoms with Crippen LogP contribution in [-0.4, -0.2) is 47.9 Å². The fourth-order valence-electron chi connectivity index (χ4n) is 3.00. The maximum absolute atomic E-state index is 14.2. The third-order valence-corrected chi connectivity index (χ3v) is 5.26. The van der Waals surface area contributed by atoms with Crippen LogP contribution in [0.1, 0.15) is 24.2 Å². The number of amides is 2. The predicted molar refractivity (Wildman–Crippen MR) is 122 cm³/mol. The lowest BCUT2D eigenvalue weighted by Gasteiger charge is -2.16. The summed E-state index contributed by atoms with van der Waals surface area (Å²) in [5.74, 6) is -1.05. The first-order valence-corrected chi connectivity index (χ1v) is 11.1. The van der Waals surface area contributed by atoms with Gasteiger partial charge < -0.3 is 29.4 Å². The van der Waals surface area contributed by atoms with Crippen LogP contribution in [0.5, 0.6) is 11.5 Å². The fraction of sp³-hybridized carbons (Fsp3) is 0.318. The standard InChI is InChI=1S/C20H19FN4O5S.C2H6/c1-25-4-3-11(7-25)18(26)22-14(8-28-2)19(27)24-20-23-15(9-31-20)12-5-13(21)17-16(6-12)29-10-30-17;1-2/h3-7,9,14H,8,10H2,1-2H3,(H,22,26)(H,23,24,27);1-2H3. The highest BCUT2D eigenvalue weighted by molar-refractivity contribution is 7.14. The van der Waals surface area contributed by atoms with Gasteiger partial charge in [-0.25, -0.2) is 9.37 Å². The van der Waals surface area contributed by atoms with Crippen LogP contribution in [0.3, 0.4) is 0 Å². The third-order valence-electron chi connectivity index (χ3n) is 4.51. The minimum atomic E-state index is -0.923. The molecule has 1 aromatic carbocycles. The van der Waals surface area contributed by atoms with Crippen molar-refractivity contribution >= 4 is 28.3 Å². The Morgan fingerprint density at radius 3 is 2.82 bits per heavy atom. The number of fused-ring (bicyclic) bond motifs is 1. The molecule has 2 amide bonds. The molecular formula is C22H25FN4O5S. The fourth-order valence-corrected chi connectivity index (χ4v) is 3.72. The summed E-state index contributed by atoms with van der Waals surface area (Å²) >= 11 is 1.17. The number of nitrogens with one attached hydrogen (secondary N) is 2. The molecule has 1 unspecified atom stereocenters. The van der Waals surface area contributed by atoms with Crippen molar-refractivity contribution in [2.75, 3.05) is 25.8 Å². The van der Waals surface area contributed by atoms with Crippen LogP contribution < -0.4 is 20.1 Å². The first kappa shape index (κ1) is 24.2. The van der Waals surface area contributed by atoms with Gasteiger partial charge in [0.1, 0.15) is 6.04 Å². The van der Waals surface area contributed by atoms with E-state index >= 15 is 0 Å². The van der Waals surface area contributed by atoms with Crippen molar-refractivity contribution in [3.05, 3.63) is 47.4 Å². The van der Waals surface area contributed by atoms with Gasteiger partial charge in [-0.1, -0.05) is 13.8 Å². The van der Waals surface area contributed by atoms with Gasteiger partial charge >= 0.3 is 0 Å². The molecule has 1 atom stereocenters. The van der Waals surface area contributed by atoms with Crippen LogP contribution >= 0.6 is 11.3 Å². The molecule has 1 aliphatic rings. The van der Waals surface area contributed by atoms with E-state index in [1.807, 2.05) is 13.8 Å². The van der Waals surface area contributed by atoms with Gasteiger partial charge in [0.15, 0.2) is 16.7 Å².